The number of rotatable bonds is 2. The molecule has 1 aromatic rings. The van der Waals surface area contributed by atoms with Crippen LogP contribution in [-0.2, 0) is 19.7 Å². The van der Waals surface area contributed by atoms with Crippen molar-refractivity contribution in [2.75, 3.05) is 7.11 Å². The molecule has 0 fully saturated rings. The summed E-state index contributed by atoms with van der Waals surface area (Å²) in [5.74, 6) is 0.407. The Bertz CT molecular complexity index is 789. The zero-order chi connectivity index (χ0) is 18.5. The van der Waals surface area contributed by atoms with Gasteiger partial charge in [0, 0.05) is 5.57 Å². The summed E-state index contributed by atoms with van der Waals surface area (Å²) in [5, 5.41) is 0. The van der Waals surface area contributed by atoms with Crippen LogP contribution in [0.1, 0.15) is 5.56 Å². The summed E-state index contributed by atoms with van der Waals surface area (Å²) in [5.41, 5.74) is -4.38. The van der Waals surface area contributed by atoms with Crippen molar-refractivity contribution in [3.8, 4) is 5.75 Å². The molecule has 0 spiro atoms. The Hall–Kier alpha value is -2.46. The molecule has 1 aliphatic carbocycles. The fraction of sp³-hybridized carbons (Fsp3) is 0.143. The second-order valence-corrected chi connectivity index (χ2v) is 5.72. The summed E-state index contributed by atoms with van der Waals surface area (Å²) in [6.45, 7) is 0. The first-order valence-corrected chi connectivity index (χ1v) is 7.56. The summed E-state index contributed by atoms with van der Waals surface area (Å²) in [6.07, 6.45) is 3.92. The molecule has 0 heterocycles. The number of benzene rings is 1. The number of ether oxygens (including phenoxy) is 1. The lowest BCUT2D eigenvalue weighted by Crippen LogP contribution is -2.21. The zero-order valence-corrected chi connectivity index (χ0v) is 12.9. The molecule has 1 aliphatic rings. The third kappa shape index (κ3) is 5.32. The largest absolute Gasteiger partial charge is 0.522 e. The van der Waals surface area contributed by atoms with Gasteiger partial charge in [0.05, 0.1) is 7.11 Å². The fourth-order valence-electron chi connectivity index (χ4n) is 1.51. The van der Waals surface area contributed by atoms with Gasteiger partial charge in [0.15, 0.2) is 11.6 Å². The molecule has 0 aliphatic heterocycles. The predicted octanol–water partition coefficient (Wildman–Crippen LogP) is 2.18. The van der Waals surface area contributed by atoms with Crippen molar-refractivity contribution in [3.63, 3.8) is 0 Å². The molecular formula is C14H11F3O6S. The van der Waals surface area contributed by atoms with Gasteiger partial charge in [-0.25, -0.2) is 0 Å². The molecule has 2 rings (SSSR count). The molecule has 0 saturated carbocycles. The highest BCUT2D eigenvalue weighted by atomic mass is 32.2. The Labute approximate surface area is 135 Å². The van der Waals surface area contributed by atoms with Crippen molar-refractivity contribution in [3.05, 3.63) is 48.1 Å². The van der Waals surface area contributed by atoms with E-state index in [1.807, 2.05) is 0 Å². The Kier molecular flexibility index (Phi) is 6.04. The molecule has 0 bridgehead atoms. The molecule has 130 valence electrons. The standard InChI is InChI=1S/C13H10O3.CHF3O3S/c1-16-11-5-2-9(3-6-11)12-8-10(14)4-7-13(12)15;2-1(3,4)8(5,6)7/h2-8H,1H3;(H,5,6,7). The molecule has 6 nitrogen and oxygen atoms in total. The second kappa shape index (κ2) is 7.41. The molecule has 1 aromatic carbocycles. The van der Waals surface area contributed by atoms with E-state index in [0.717, 1.165) is 11.3 Å². The predicted molar refractivity (Wildman–Crippen MR) is 77.7 cm³/mol. The molecule has 0 unspecified atom stereocenters. The van der Waals surface area contributed by atoms with Crippen molar-refractivity contribution >= 4 is 27.3 Å². The number of carbonyl (C=O) groups is 2. The van der Waals surface area contributed by atoms with Crippen LogP contribution in [-0.4, -0.2) is 37.2 Å². The van der Waals surface area contributed by atoms with E-state index in [1.54, 1.807) is 31.4 Å². The molecule has 0 amide bonds. The Morgan fingerprint density at radius 3 is 1.96 bits per heavy atom. The Balaban J connectivity index is 0.000000307. The number of halogens is 3. The van der Waals surface area contributed by atoms with Gasteiger partial charge >= 0.3 is 15.6 Å². The number of hydrogen-bond donors (Lipinski definition) is 1. The number of carbonyl (C=O) groups excluding carboxylic acids is 2. The highest BCUT2D eigenvalue weighted by molar-refractivity contribution is 7.86. The number of alkyl halides is 3. The van der Waals surface area contributed by atoms with Crippen molar-refractivity contribution < 1.29 is 40.5 Å². The SMILES string of the molecule is COc1ccc(C2=CC(=O)C=CC2=O)cc1.O=S(=O)(O)C(F)(F)F. The van der Waals surface area contributed by atoms with E-state index in [4.69, 9.17) is 17.7 Å². The lowest BCUT2D eigenvalue weighted by Gasteiger charge is -2.07. The third-order valence-corrected chi connectivity index (χ3v) is 3.23. The number of hydrogen-bond acceptors (Lipinski definition) is 5. The second-order valence-electron chi connectivity index (χ2n) is 4.31. The van der Waals surface area contributed by atoms with Gasteiger partial charge in [0.1, 0.15) is 5.75 Å². The first-order chi connectivity index (χ1) is 11.0. The van der Waals surface area contributed by atoms with Crippen LogP contribution < -0.4 is 4.74 Å². The van der Waals surface area contributed by atoms with E-state index >= 15 is 0 Å². The minimum absolute atomic E-state index is 0.148. The first kappa shape index (κ1) is 19.6. The minimum Gasteiger partial charge on any atom is -0.497 e. The highest BCUT2D eigenvalue weighted by Gasteiger charge is 2.44. The van der Waals surface area contributed by atoms with E-state index in [-0.39, 0.29) is 11.6 Å². The lowest BCUT2D eigenvalue weighted by atomic mass is 9.96. The van der Waals surface area contributed by atoms with Gasteiger partial charge in [-0.2, -0.15) is 21.6 Å². The smallest absolute Gasteiger partial charge is 0.497 e. The van der Waals surface area contributed by atoms with Crippen molar-refractivity contribution in [1.29, 1.82) is 0 Å². The van der Waals surface area contributed by atoms with Crippen LogP contribution in [0.4, 0.5) is 13.2 Å². The fourth-order valence-corrected chi connectivity index (χ4v) is 1.51. The lowest BCUT2D eigenvalue weighted by molar-refractivity contribution is -0.113. The third-order valence-electron chi connectivity index (χ3n) is 2.64. The van der Waals surface area contributed by atoms with Crippen LogP contribution in [0.2, 0.25) is 0 Å². The molecule has 0 aromatic heterocycles. The Morgan fingerprint density at radius 2 is 1.54 bits per heavy atom. The van der Waals surface area contributed by atoms with Crippen LogP contribution in [0.5, 0.6) is 5.75 Å². The number of allylic oxidation sites excluding steroid dienone is 4. The van der Waals surface area contributed by atoms with E-state index in [9.17, 15) is 22.8 Å². The average Bonchev–Trinajstić information content (AvgIpc) is 2.48. The normalized spacial score (nSPS) is 14.6. The van der Waals surface area contributed by atoms with Gasteiger partial charge < -0.3 is 4.74 Å². The first-order valence-electron chi connectivity index (χ1n) is 6.12. The van der Waals surface area contributed by atoms with E-state index < -0.39 is 15.6 Å². The van der Waals surface area contributed by atoms with Crippen LogP contribution in [0.3, 0.4) is 0 Å². The van der Waals surface area contributed by atoms with Crippen LogP contribution in [0.15, 0.2) is 42.5 Å². The van der Waals surface area contributed by atoms with E-state index in [0.29, 0.717) is 5.57 Å². The molecule has 0 atom stereocenters. The number of methoxy groups -OCH3 is 1. The van der Waals surface area contributed by atoms with Crippen molar-refractivity contribution in [2.24, 2.45) is 0 Å². The van der Waals surface area contributed by atoms with Gasteiger partial charge in [0.2, 0.25) is 0 Å². The molecular weight excluding hydrogens is 353 g/mol. The summed E-state index contributed by atoms with van der Waals surface area (Å²) in [6, 6.07) is 7.03. The van der Waals surface area contributed by atoms with E-state index in [1.165, 1.54) is 18.2 Å². The highest BCUT2D eigenvalue weighted by Crippen LogP contribution is 2.22. The quantitative estimate of drug-likeness (QED) is 0.491. The summed E-state index contributed by atoms with van der Waals surface area (Å²) < 4.78 is 62.6. The minimum atomic E-state index is -5.84. The zero-order valence-electron chi connectivity index (χ0n) is 12.1. The molecule has 24 heavy (non-hydrogen) atoms. The molecule has 0 radical (unpaired) electrons. The molecule has 10 heteroatoms. The van der Waals surface area contributed by atoms with Crippen molar-refractivity contribution in [2.45, 2.75) is 5.51 Å². The Morgan fingerprint density at radius 1 is 1.04 bits per heavy atom. The van der Waals surface area contributed by atoms with Gasteiger partial charge in [-0.3, -0.25) is 14.1 Å². The van der Waals surface area contributed by atoms with Crippen LogP contribution in [0, 0.1) is 0 Å². The maximum Gasteiger partial charge on any atom is 0.522 e. The van der Waals surface area contributed by atoms with E-state index in [2.05, 4.69) is 0 Å². The maximum atomic E-state index is 11.6. The summed E-state index contributed by atoms with van der Waals surface area (Å²) in [7, 11) is -4.26. The monoisotopic (exact) mass is 364 g/mol. The summed E-state index contributed by atoms with van der Waals surface area (Å²) in [4.78, 5) is 22.7. The van der Waals surface area contributed by atoms with Crippen molar-refractivity contribution in [1.82, 2.24) is 0 Å². The van der Waals surface area contributed by atoms with Gasteiger partial charge in [-0.05, 0) is 35.9 Å². The summed E-state index contributed by atoms with van der Waals surface area (Å²) >= 11 is 0. The average molecular weight is 364 g/mol. The number of ketones is 2. The molecule has 1 N–H and O–H groups in total. The van der Waals surface area contributed by atoms with Crippen LogP contribution in [0.25, 0.3) is 5.57 Å². The van der Waals surface area contributed by atoms with Gasteiger partial charge in [0.25, 0.3) is 0 Å². The van der Waals surface area contributed by atoms with Gasteiger partial charge in [-0.15, -0.1) is 0 Å². The topological polar surface area (TPSA) is 97.7 Å². The maximum absolute atomic E-state index is 11.6. The van der Waals surface area contributed by atoms with Gasteiger partial charge in [-0.1, -0.05) is 12.1 Å². The van der Waals surface area contributed by atoms with Crippen LogP contribution >= 0.6 is 0 Å². The molecule has 0 saturated heterocycles.